The van der Waals surface area contributed by atoms with E-state index in [4.69, 9.17) is 4.74 Å². The summed E-state index contributed by atoms with van der Waals surface area (Å²) in [5, 5.41) is 2.91. The van der Waals surface area contributed by atoms with E-state index in [2.05, 4.69) is 5.32 Å². The Bertz CT molecular complexity index is 904. The van der Waals surface area contributed by atoms with Crippen molar-refractivity contribution < 1.29 is 17.9 Å². The zero-order chi connectivity index (χ0) is 20.9. The molecule has 2 aromatic rings. The van der Waals surface area contributed by atoms with Gasteiger partial charge in [0.2, 0.25) is 15.9 Å². The van der Waals surface area contributed by atoms with Gasteiger partial charge in [-0.05, 0) is 62.6 Å². The Morgan fingerprint density at radius 1 is 1.07 bits per heavy atom. The molecule has 1 N–H and O–H groups in total. The van der Waals surface area contributed by atoms with E-state index in [1.54, 1.807) is 31.2 Å². The fourth-order valence-corrected chi connectivity index (χ4v) is 4.35. The average Bonchev–Trinajstić information content (AvgIpc) is 2.63. The normalized spacial score (nSPS) is 12.3. The van der Waals surface area contributed by atoms with Crippen molar-refractivity contribution in [1.29, 1.82) is 0 Å². The van der Waals surface area contributed by atoms with E-state index >= 15 is 0 Å². The number of amides is 1. The second-order valence-electron chi connectivity index (χ2n) is 6.67. The second kappa shape index (κ2) is 9.10. The van der Waals surface area contributed by atoms with Crippen LogP contribution in [0.15, 0.2) is 42.5 Å². The molecule has 7 heteroatoms. The minimum Gasteiger partial charge on any atom is -0.494 e. The van der Waals surface area contributed by atoms with Gasteiger partial charge in [0.25, 0.3) is 0 Å². The van der Waals surface area contributed by atoms with Crippen LogP contribution in [0.3, 0.4) is 0 Å². The summed E-state index contributed by atoms with van der Waals surface area (Å²) in [6.07, 6.45) is 1.44. The standard InChI is InChI=1S/C21H28N2O4S/c1-6-19(21(24)22-20-15(3)9-8-10-16(20)4)23(28(5,25)26)17-11-13-18(14-12-17)27-7-2/h8-14,19H,6-7H2,1-5H3,(H,22,24)/t19-/m1/s1. The van der Waals surface area contributed by atoms with Crippen LogP contribution in [-0.2, 0) is 14.8 Å². The Hall–Kier alpha value is -2.54. The third-order valence-electron chi connectivity index (χ3n) is 4.46. The lowest BCUT2D eigenvalue weighted by Gasteiger charge is -2.30. The fourth-order valence-electron chi connectivity index (χ4n) is 3.13. The first kappa shape index (κ1) is 21.8. The van der Waals surface area contributed by atoms with Crippen molar-refractivity contribution in [3.8, 4) is 5.75 Å². The summed E-state index contributed by atoms with van der Waals surface area (Å²) >= 11 is 0. The Labute approximate surface area is 167 Å². The van der Waals surface area contributed by atoms with Gasteiger partial charge in [-0.15, -0.1) is 0 Å². The minimum atomic E-state index is -3.68. The van der Waals surface area contributed by atoms with Crippen LogP contribution in [0.25, 0.3) is 0 Å². The van der Waals surface area contributed by atoms with E-state index in [9.17, 15) is 13.2 Å². The number of para-hydroxylation sites is 1. The second-order valence-corrected chi connectivity index (χ2v) is 8.53. The lowest BCUT2D eigenvalue weighted by molar-refractivity contribution is -0.117. The topological polar surface area (TPSA) is 75.7 Å². The quantitative estimate of drug-likeness (QED) is 0.724. The molecule has 0 spiro atoms. The van der Waals surface area contributed by atoms with Gasteiger partial charge in [0.15, 0.2) is 0 Å². The average molecular weight is 405 g/mol. The lowest BCUT2D eigenvalue weighted by Crippen LogP contribution is -2.47. The molecule has 0 fully saturated rings. The summed E-state index contributed by atoms with van der Waals surface area (Å²) in [7, 11) is -3.68. The molecule has 0 aromatic heterocycles. The van der Waals surface area contributed by atoms with Gasteiger partial charge in [-0.1, -0.05) is 25.1 Å². The molecule has 28 heavy (non-hydrogen) atoms. The van der Waals surface area contributed by atoms with Gasteiger partial charge < -0.3 is 10.1 Å². The highest BCUT2D eigenvalue weighted by atomic mass is 32.2. The minimum absolute atomic E-state index is 0.330. The molecule has 2 aromatic carbocycles. The van der Waals surface area contributed by atoms with E-state index < -0.39 is 16.1 Å². The molecular formula is C21H28N2O4S. The molecular weight excluding hydrogens is 376 g/mol. The number of anilines is 2. The molecule has 0 unspecified atom stereocenters. The summed E-state index contributed by atoms with van der Waals surface area (Å²) in [5.41, 5.74) is 2.99. The monoisotopic (exact) mass is 404 g/mol. The number of aryl methyl sites for hydroxylation is 2. The molecule has 0 saturated carbocycles. The maximum atomic E-state index is 13.0. The van der Waals surface area contributed by atoms with E-state index in [1.807, 2.05) is 39.0 Å². The SMILES string of the molecule is CCOc1ccc(N([C@H](CC)C(=O)Nc2c(C)cccc2C)S(C)(=O)=O)cc1. The largest absolute Gasteiger partial charge is 0.494 e. The van der Waals surface area contributed by atoms with Gasteiger partial charge in [0.1, 0.15) is 11.8 Å². The fraction of sp³-hybridized carbons (Fsp3) is 0.381. The molecule has 0 aliphatic carbocycles. The first-order chi connectivity index (χ1) is 13.2. The van der Waals surface area contributed by atoms with Crippen molar-refractivity contribution in [1.82, 2.24) is 0 Å². The lowest BCUT2D eigenvalue weighted by atomic mass is 10.1. The van der Waals surface area contributed by atoms with Gasteiger partial charge >= 0.3 is 0 Å². The molecule has 0 heterocycles. The number of nitrogens with zero attached hydrogens (tertiary/aromatic N) is 1. The zero-order valence-electron chi connectivity index (χ0n) is 17.0. The Morgan fingerprint density at radius 2 is 1.64 bits per heavy atom. The Morgan fingerprint density at radius 3 is 2.11 bits per heavy atom. The smallest absolute Gasteiger partial charge is 0.248 e. The maximum Gasteiger partial charge on any atom is 0.248 e. The number of benzene rings is 2. The summed E-state index contributed by atoms with van der Waals surface area (Å²) in [6, 6.07) is 11.6. The van der Waals surface area contributed by atoms with Crippen molar-refractivity contribution in [2.24, 2.45) is 0 Å². The number of sulfonamides is 1. The van der Waals surface area contributed by atoms with Gasteiger partial charge in [-0.2, -0.15) is 0 Å². The third kappa shape index (κ3) is 5.04. The maximum absolute atomic E-state index is 13.0. The number of rotatable bonds is 8. The van der Waals surface area contributed by atoms with E-state index in [1.165, 1.54) is 4.31 Å². The van der Waals surface area contributed by atoms with Crippen LogP contribution in [0.2, 0.25) is 0 Å². The molecule has 1 amide bonds. The highest BCUT2D eigenvalue weighted by molar-refractivity contribution is 7.92. The summed E-state index contributed by atoms with van der Waals surface area (Å²) in [6.45, 7) is 8.00. The number of carbonyl (C=O) groups is 1. The van der Waals surface area contributed by atoms with Crippen LogP contribution in [0.1, 0.15) is 31.4 Å². The molecule has 6 nitrogen and oxygen atoms in total. The molecule has 0 aliphatic heterocycles. The molecule has 0 aliphatic rings. The van der Waals surface area contributed by atoms with Gasteiger partial charge in [0, 0.05) is 5.69 Å². The highest BCUT2D eigenvalue weighted by Gasteiger charge is 2.32. The van der Waals surface area contributed by atoms with Gasteiger partial charge in [-0.3, -0.25) is 9.10 Å². The summed E-state index contributed by atoms with van der Waals surface area (Å²) < 4.78 is 31.7. The summed E-state index contributed by atoms with van der Waals surface area (Å²) in [5.74, 6) is 0.284. The van der Waals surface area contributed by atoms with Gasteiger partial charge in [0.05, 0.1) is 18.6 Å². The first-order valence-corrected chi connectivity index (χ1v) is 11.1. The first-order valence-electron chi connectivity index (χ1n) is 9.28. The van der Waals surface area contributed by atoms with Crippen molar-refractivity contribution >= 4 is 27.3 Å². The summed E-state index contributed by atoms with van der Waals surface area (Å²) in [4.78, 5) is 13.0. The number of nitrogens with one attached hydrogen (secondary N) is 1. The van der Waals surface area contributed by atoms with Crippen LogP contribution in [0.5, 0.6) is 5.75 Å². The van der Waals surface area contributed by atoms with Crippen molar-refractivity contribution in [3.63, 3.8) is 0 Å². The van der Waals surface area contributed by atoms with Crippen LogP contribution < -0.4 is 14.4 Å². The number of hydrogen-bond donors (Lipinski definition) is 1. The van der Waals surface area contributed by atoms with E-state index in [0.717, 1.165) is 17.4 Å². The van der Waals surface area contributed by atoms with Crippen LogP contribution >= 0.6 is 0 Å². The zero-order valence-corrected chi connectivity index (χ0v) is 17.8. The predicted octanol–water partition coefficient (Wildman–Crippen LogP) is 3.89. The molecule has 152 valence electrons. The highest BCUT2D eigenvalue weighted by Crippen LogP contribution is 2.27. The van der Waals surface area contributed by atoms with E-state index in [0.29, 0.717) is 30.2 Å². The number of carbonyl (C=O) groups excluding carboxylic acids is 1. The van der Waals surface area contributed by atoms with Gasteiger partial charge in [-0.25, -0.2) is 8.42 Å². The van der Waals surface area contributed by atoms with Crippen molar-refractivity contribution in [2.45, 2.75) is 40.2 Å². The van der Waals surface area contributed by atoms with Crippen LogP contribution in [-0.4, -0.2) is 33.2 Å². The molecule has 2 rings (SSSR count). The van der Waals surface area contributed by atoms with Crippen molar-refractivity contribution in [2.75, 3.05) is 22.5 Å². The molecule has 1 atom stereocenters. The molecule has 0 bridgehead atoms. The predicted molar refractivity (Wildman–Crippen MR) is 114 cm³/mol. The van der Waals surface area contributed by atoms with E-state index in [-0.39, 0.29) is 5.91 Å². The Balaban J connectivity index is 2.39. The Kier molecular flexibility index (Phi) is 7.07. The molecule has 0 radical (unpaired) electrons. The molecule has 0 saturated heterocycles. The van der Waals surface area contributed by atoms with Crippen molar-refractivity contribution in [3.05, 3.63) is 53.6 Å². The van der Waals surface area contributed by atoms with Crippen LogP contribution in [0, 0.1) is 13.8 Å². The third-order valence-corrected chi connectivity index (χ3v) is 5.64. The number of hydrogen-bond acceptors (Lipinski definition) is 4. The number of ether oxygens (including phenoxy) is 1. The van der Waals surface area contributed by atoms with Crippen LogP contribution in [0.4, 0.5) is 11.4 Å².